The van der Waals surface area contributed by atoms with Crippen LogP contribution in [0.15, 0.2) is 12.1 Å². The van der Waals surface area contributed by atoms with Crippen LogP contribution in [0.2, 0.25) is 21.6 Å². The molecule has 3 nitrogen and oxygen atoms in total. The standard InChI is InChI=1S/C19H27ClO3Si/c1-12(2)24(13(3)4,14(5)6)11-10-15-17(23-7)9-8-16(20)18(15)19(21)22/h8-9,12-14H,1-7H3,(H,21,22). The van der Waals surface area contributed by atoms with E-state index in [1.54, 1.807) is 6.07 Å². The number of carbonyl (C=O) groups is 1. The highest BCUT2D eigenvalue weighted by Gasteiger charge is 2.41. The first-order valence-corrected chi connectivity index (χ1v) is 10.8. The van der Waals surface area contributed by atoms with Crippen molar-refractivity contribution in [2.45, 2.75) is 58.2 Å². The van der Waals surface area contributed by atoms with Crippen molar-refractivity contribution in [1.29, 1.82) is 0 Å². The summed E-state index contributed by atoms with van der Waals surface area (Å²) in [6.45, 7) is 13.3. The van der Waals surface area contributed by atoms with Gasteiger partial charge in [-0.05, 0) is 28.8 Å². The third-order valence-corrected chi connectivity index (χ3v) is 11.4. The molecule has 1 rings (SSSR count). The van der Waals surface area contributed by atoms with E-state index in [0.29, 0.717) is 27.9 Å². The van der Waals surface area contributed by atoms with Gasteiger partial charge in [0.15, 0.2) is 0 Å². The number of benzene rings is 1. The van der Waals surface area contributed by atoms with E-state index < -0.39 is 14.0 Å². The van der Waals surface area contributed by atoms with Gasteiger partial charge < -0.3 is 9.84 Å². The van der Waals surface area contributed by atoms with Gasteiger partial charge >= 0.3 is 5.97 Å². The predicted molar refractivity (Wildman–Crippen MR) is 103 cm³/mol. The molecular weight excluding hydrogens is 340 g/mol. The highest BCUT2D eigenvalue weighted by Crippen LogP contribution is 2.41. The summed E-state index contributed by atoms with van der Waals surface area (Å²) in [6, 6.07) is 3.20. The SMILES string of the molecule is COc1ccc(Cl)c(C(=O)O)c1C#C[Si](C(C)C)(C(C)C)C(C)C. The van der Waals surface area contributed by atoms with Crippen LogP contribution >= 0.6 is 11.6 Å². The van der Waals surface area contributed by atoms with Gasteiger partial charge in [0.25, 0.3) is 0 Å². The molecule has 0 radical (unpaired) electrons. The molecule has 1 aromatic rings. The van der Waals surface area contributed by atoms with Gasteiger partial charge in [-0.3, -0.25) is 0 Å². The van der Waals surface area contributed by atoms with Crippen molar-refractivity contribution in [2.24, 2.45) is 0 Å². The Morgan fingerprint density at radius 2 is 1.62 bits per heavy atom. The lowest BCUT2D eigenvalue weighted by Gasteiger charge is -2.38. The fourth-order valence-corrected chi connectivity index (χ4v) is 9.11. The summed E-state index contributed by atoms with van der Waals surface area (Å²) in [5, 5.41) is 9.71. The Kier molecular flexibility index (Phi) is 6.94. The lowest BCUT2D eigenvalue weighted by atomic mass is 10.1. The van der Waals surface area contributed by atoms with Crippen LogP contribution in [0.3, 0.4) is 0 Å². The van der Waals surface area contributed by atoms with Crippen molar-refractivity contribution in [3.63, 3.8) is 0 Å². The number of hydrogen-bond donors (Lipinski definition) is 1. The molecule has 1 aromatic carbocycles. The topological polar surface area (TPSA) is 46.5 Å². The Morgan fingerprint density at radius 3 is 2.00 bits per heavy atom. The smallest absolute Gasteiger partial charge is 0.338 e. The van der Waals surface area contributed by atoms with Crippen LogP contribution in [0.4, 0.5) is 0 Å². The fourth-order valence-electron chi connectivity index (χ4n) is 3.67. The molecule has 0 spiro atoms. The summed E-state index contributed by atoms with van der Waals surface area (Å²) in [5.41, 5.74) is 5.30. The minimum atomic E-state index is -1.97. The van der Waals surface area contributed by atoms with Crippen LogP contribution < -0.4 is 4.74 Å². The predicted octanol–water partition coefficient (Wildman–Crippen LogP) is 5.62. The Morgan fingerprint density at radius 1 is 1.12 bits per heavy atom. The van der Waals surface area contributed by atoms with Gasteiger partial charge in [-0.2, -0.15) is 0 Å². The summed E-state index contributed by atoms with van der Waals surface area (Å²) in [6.07, 6.45) is 0. The van der Waals surface area contributed by atoms with Crippen LogP contribution in [0.1, 0.15) is 57.5 Å². The quantitative estimate of drug-likeness (QED) is 0.543. The van der Waals surface area contributed by atoms with Crippen molar-refractivity contribution in [1.82, 2.24) is 0 Å². The summed E-state index contributed by atoms with van der Waals surface area (Å²) in [4.78, 5) is 11.6. The molecule has 0 saturated heterocycles. The summed E-state index contributed by atoms with van der Waals surface area (Å²) in [5.74, 6) is 2.52. The number of carboxylic acids is 1. The number of halogens is 1. The fraction of sp³-hybridized carbons (Fsp3) is 0.526. The molecule has 24 heavy (non-hydrogen) atoms. The molecule has 0 bridgehead atoms. The van der Waals surface area contributed by atoms with Crippen molar-refractivity contribution >= 4 is 25.6 Å². The monoisotopic (exact) mass is 366 g/mol. The number of methoxy groups -OCH3 is 1. The van der Waals surface area contributed by atoms with Gasteiger partial charge in [-0.15, -0.1) is 5.54 Å². The van der Waals surface area contributed by atoms with Gasteiger partial charge in [-0.1, -0.05) is 59.1 Å². The summed E-state index contributed by atoms with van der Waals surface area (Å²) >= 11 is 6.10. The maximum absolute atomic E-state index is 11.6. The maximum atomic E-state index is 11.6. The minimum absolute atomic E-state index is 0.0164. The first-order chi connectivity index (χ1) is 11.1. The average molecular weight is 367 g/mol. The largest absolute Gasteiger partial charge is 0.495 e. The molecule has 5 heteroatoms. The van der Waals surface area contributed by atoms with Crippen molar-refractivity contribution in [3.05, 3.63) is 28.3 Å². The van der Waals surface area contributed by atoms with E-state index in [9.17, 15) is 9.90 Å². The van der Waals surface area contributed by atoms with Crippen LogP contribution in [-0.2, 0) is 0 Å². The van der Waals surface area contributed by atoms with Gasteiger partial charge in [0.05, 0.1) is 23.3 Å². The lowest BCUT2D eigenvalue weighted by molar-refractivity contribution is 0.0696. The van der Waals surface area contributed by atoms with E-state index >= 15 is 0 Å². The second-order valence-corrected chi connectivity index (χ2v) is 12.9. The van der Waals surface area contributed by atoms with Crippen molar-refractivity contribution < 1.29 is 14.6 Å². The van der Waals surface area contributed by atoms with Gasteiger partial charge in [0.2, 0.25) is 0 Å². The third kappa shape index (κ3) is 3.79. The zero-order valence-electron chi connectivity index (χ0n) is 15.5. The Balaban J connectivity index is 3.69. The molecule has 0 fully saturated rings. The second-order valence-electron chi connectivity index (χ2n) is 6.95. The van der Waals surface area contributed by atoms with E-state index in [1.165, 1.54) is 13.2 Å². The first-order valence-electron chi connectivity index (χ1n) is 8.22. The molecule has 0 heterocycles. The molecule has 0 aliphatic rings. The molecule has 0 saturated carbocycles. The number of ether oxygens (including phenoxy) is 1. The van der Waals surface area contributed by atoms with E-state index in [0.717, 1.165) is 0 Å². The van der Waals surface area contributed by atoms with Crippen LogP contribution in [0.5, 0.6) is 5.75 Å². The average Bonchev–Trinajstić information content (AvgIpc) is 2.46. The number of rotatable bonds is 5. The Hall–Kier alpha value is -1.44. The molecule has 0 aliphatic carbocycles. The molecule has 0 atom stereocenters. The third-order valence-electron chi connectivity index (χ3n) is 4.82. The zero-order chi connectivity index (χ0) is 18.7. The Labute approximate surface area is 151 Å². The summed E-state index contributed by atoms with van der Waals surface area (Å²) < 4.78 is 5.33. The van der Waals surface area contributed by atoms with Crippen molar-refractivity contribution in [2.75, 3.05) is 7.11 Å². The first kappa shape index (κ1) is 20.6. The van der Waals surface area contributed by atoms with E-state index in [1.807, 2.05) is 0 Å². The number of aromatic carboxylic acids is 1. The van der Waals surface area contributed by atoms with E-state index in [4.69, 9.17) is 16.3 Å². The lowest BCUT2D eigenvalue weighted by Crippen LogP contribution is -2.43. The van der Waals surface area contributed by atoms with Crippen LogP contribution in [-0.4, -0.2) is 26.3 Å². The second kappa shape index (κ2) is 8.09. The number of hydrogen-bond acceptors (Lipinski definition) is 2. The van der Waals surface area contributed by atoms with Gasteiger partial charge in [-0.25, -0.2) is 4.79 Å². The van der Waals surface area contributed by atoms with Gasteiger partial charge in [0, 0.05) is 0 Å². The highest BCUT2D eigenvalue weighted by atomic mass is 35.5. The van der Waals surface area contributed by atoms with E-state index in [2.05, 4.69) is 53.0 Å². The van der Waals surface area contributed by atoms with Crippen molar-refractivity contribution in [3.8, 4) is 17.2 Å². The molecular formula is C19H27ClO3Si. The number of carboxylic acid groups (broad SMARTS) is 1. The molecule has 1 N–H and O–H groups in total. The highest BCUT2D eigenvalue weighted by molar-refractivity contribution is 6.90. The Bertz CT molecular complexity index is 647. The van der Waals surface area contributed by atoms with E-state index in [-0.39, 0.29) is 10.6 Å². The molecule has 0 aliphatic heterocycles. The zero-order valence-corrected chi connectivity index (χ0v) is 17.3. The van der Waals surface area contributed by atoms with Gasteiger partial charge in [0.1, 0.15) is 13.8 Å². The van der Waals surface area contributed by atoms with Crippen LogP contribution in [0, 0.1) is 11.5 Å². The summed E-state index contributed by atoms with van der Waals surface area (Å²) in [7, 11) is -0.462. The molecule has 0 aromatic heterocycles. The molecule has 132 valence electrons. The minimum Gasteiger partial charge on any atom is -0.495 e. The molecule has 0 unspecified atom stereocenters. The normalized spacial score (nSPS) is 11.6. The maximum Gasteiger partial charge on any atom is 0.338 e. The van der Waals surface area contributed by atoms with Crippen LogP contribution in [0.25, 0.3) is 0 Å². The molecule has 0 amide bonds.